The van der Waals surface area contributed by atoms with E-state index in [1.807, 2.05) is 6.07 Å². The molecule has 1 saturated carbocycles. The van der Waals surface area contributed by atoms with Crippen molar-refractivity contribution in [3.05, 3.63) is 34.1 Å². The van der Waals surface area contributed by atoms with Gasteiger partial charge in [-0.15, -0.1) is 0 Å². The van der Waals surface area contributed by atoms with E-state index in [0.717, 1.165) is 16.8 Å². The third-order valence-corrected chi connectivity index (χ3v) is 6.02. The molecule has 0 aliphatic heterocycles. The van der Waals surface area contributed by atoms with Gasteiger partial charge in [0.05, 0.1) is 0 Å². The lowest BCUT2D eigenvalue weighted by Crippen LogP contribution is -2.39. The molecule has 0 heterocycles. The van der Waals surface area contributed by atoms with Gasteiger partial charge in [0.15, 0.2) is 0 Å². The van der Waals surface area contributed by atoms with Gasteiger partial charge in [0.2, 0.25) is 0 Å². The Morgan fingerprint density at radius 1 is 1.29 bits per heavy atom. The largest absolute Gasteiger partial charge is 0.330 e. The van der Waals surface area contributed by atoms with Crippen LogP contribution in [0.3, 0.4) is 0 Å². The second kappa shape index (κ2) is 6.37. The topological polar surface area (TPSA) is 26.0 Å². The number of hydrogen-bond donors (Lipinski definition) is 1. The predicted molar refractivity (Wildman–Crippen MR) is 90.7 cm³/mol. The summed E-state index contributed by atoms with van der Waals surface area (Å²) >= 11 is 3.49. The number of hydrogen-bond acceptors (Lipinski definition) is 1. The van der Waals surface area contributed by atoms with Crippen molar-refractivity contribution in [3.8, 4) is 0 Å². The molecule has 3 heteroatoms. The Balaban J connectivity index is 2.10. The third-order valence-electron chi connectivity index (χ3n) is 5.28. The highest BCUT2D eigenvalue weighted by Gasteiger charge is 2.38. The smallest absolute Gasteiger partial charge is 0.124 e. The minimum Gasteiger partial charge on any atom is -0.330 e. The van der Waals surface area contributed by atoms with Crippen molar-refractivity contribution in [1.29, 1.82) is 0 Å². The van der Waals surface area contributed by atoms with Crippen molar-refractivity contribution in [2.45, 2.75) is 52.9 Å². The van der Waals surface area contributed by atoms with Crippen molar-refractivity contribution in [3.63, 3.8) is 0 Å². The molecule has 1 aliphatic rings. The van der Waals surface area contributed by atoms with E-state index in [1.165, 1.54) is 31.2 Å². The zero-order chi connectivity index (χ0) is 15.7. The molecule has 0 saturated heterocycles. The Morgan fingerprint density at radius 3 is 2.38 bits per heavy atom. The average molecular weight is 356 g/mol. The van der Waals surface area contributed by atoms with Gasteiger partial charge in [0.1, 0.15) is 5.82 Å². The number of halogens is 2. The average Bonchev–Trinajstić information content (AvgIpc) is 2.41. The van der Waals surface area contributed by atoms with E-state index in [1.54, 1.807) is 12.1 Å². The van der Waals surface area contributed by atoms with Crippen molar-refractivity contribution < 1.29 is 4.39 Å². The van der Waals surface area contributed by atoms with Gasteiger partial charge in [0.25, 0.3) is 0 Å². The first-order valence-corrected chi connectivity index (χ1v) is 8.69. The lowest BCUT2D eigenvalue weighted by Gasteiger charge is -2.44. The van der Waals surface area contributed by atoms with E-state index in [0.29, 0.717) is 12.0 Å². The van der Waals surface area contributed by atoms with Crippen molar-refractivity contribution in [2.75, 3.05) is 6.54 Å². The highest BCUT2D eigenvalue weighted by Crippen LogP contribution is 2.46. The second-order valence-corrected chi connectivity index (χ2v) is 8.61. The summed E-state index contributed by atoms with van der Waals surface area (Å²) in [6.45, 7) is 7.73. The van der Waals surface area contributed by atoms with Crippen LogP contribution in [0.4, 0.5) is 4.39 Å². The van der Waals surface area contributed by atoms with Crippen LogP contribution in [-0.4, -0.2) is 6.54 Å². The maximum atomic E-state index is 13.2. The zero-order valence-corrected chi connectivity index (χ0v) is 15.0. The molecule has 0 aromatic heterocycles. The molecule has 1 aromatic carbocycles. The molecule has 0 amide bonds. The lowest BCUT2D eigenvalue weighted by atomic mass is 9.62. The van der Waals surface area contributed by atoms with Crippen LogP contribution in [0.15, 0.2) is 22.7 Å². The Hall–Kier alpha value is -0.410. The quantitative estimate of drug-likeness (QED) is 0.780. The molecular formula is C18H27BrFN. The van der Waals surface area contributed by atoms with Crippen LogP contribution in [0.5, 0.6) is 0 Å². The van der Waals surface area contributed by atoms with Crippen LogP contribution in [0, 0.1) is 22.6 Å². The van der Waals surface area contributed by atoms with E-state index in [-0.39, 0.29) is 11.2 Å². The van der Waals surface area contributed by atoms with Gasteiger partial charge in [-0.1, -0.05) is 42.8 Å². The summed E-state index contributed by atoms with van der Waals surface area (Å²) in [4.78, 5) is 0. The lowest BCUT2D eigenvalue weighted by molar-refractivity contribution is 0.0925. The molecule has 0 spiro atoms. The Bertz CT molecular complexity index is 484. The summed E-state index contributed by atoms with van der Waals surface area (Å²) in [6, 6.07) is 5.00. The van der Waals surface area contributed by atoms with Crippen LogP contribution in [0.25, 0.3) is 0 Å². The van der Waals surface area contributed by atoms with Crippen LogP contribution >= 0.6 is 15.9 Å². The van der Waals surface area contributed by atoms with Gasteiger partial charge in [0, 0.05) is 4.47 Å². The van der Waals surface area contributed by atoms with Crippen molar-refractivity contribution in [2.24, 2.45) is 22.5 Å². The summed E-state index contributed by atoms with van der Waals surface area (Å²) in [5, 5.41) is 0. The fourth-order valence-electron chi connectivity index (χ4n) is 3.62. The Kier molecular flexibility index (Phi) is 5.15. The van der Waals surface area contributed by atoms with Crippen LogP contribution in [0.1, 0.15) is 52.0 Å². The number of nitrogens with two attached hydrogens (primary N) is 1. The SMILES string of the molecule is CC(C)(C)C1CCC(CN)(Cc2ccc(F)cc2Br)CC1. The van der Waals surface area contributed by atoms with E-state index in [9.17, 15) is 4.39 Å². The Morgan fingerprint density at radius 2 is 1.90 bits per heavy atom. The molecule has 1 fully saturated rings. The maximum absolute atomic E-state index is 13.2. The number of benzene rings is 1. The van der Waals surface area contributed by atoms with Gasteiger partial charge < -0.3 is 5.73 Å². The van der Waals surface area contributed by atoms with E-state index < -0.39 is 0 Å². The normalized spacial score (nSPS) is 26.9. The molecule has 2 N–H and O–H groups in total. The van der Waals surface area contributed by atoms with Gasteiger partial charge in [-0.05, 0) is 73.1 Å². The molecule has 0 bridgehead atoms. The maximum Gasteiger partial charge on any atom is 0.124 e. The molecule has 1 nitrogen and oxygen atoms in total. The molecular weight excluding hydrogens is 329 g/mol. The first kappa shape index (κ1) is 17.0. The van der Waals surface area contributed by atoms with E-state index in [2.05, 4.69) is 36.7 Å². The fourth-order valence-corrected chi connectivity index (χ4v) is 4.11. The van der Waals surface area contributed by atoms with Gasteiger partial charge in [-0.25, -0.2) is 4.39 Å². The molecule has 2 rings (SSSR count). The monoisotopic (exact) mass is 355 g/mol. The van der Waals surface area contributed by atoms with E-state index >= 15 is 0 Å². The zero-order valence-electron chi connectivity index (χ0n) is 13.4. The molecule has 118 valence electrons. The van der Waals surface area contributed by atoms with Crippen LogP contribution in [0.2, 0.25) is 0 Å². The second-order valence-electron chi connectivity index (χ2n) is 7.76. The third kappa shape index (κ3) is 4.07. The molecule has 1 aliphatic carbocycles. The standard InChI is InChI=1S/C18H27BrFN/c1-17(2,3)14-6-8-18(12-21,9-7-14)11-13-4-5-15(20)10-16(13)19/h4-5,10,14H,6-9,11-12,21H2,1-3H3. The van der Waals surface area contributed by atoms with Gasteiger partial charge >= 0.3 is 0 Å². The molecule has 1 aromatic rings. The predicted octanol–water partition coefficient (Wildman–Crippen LogP) is 5.31. The van der Waals surface area contributed by atoms with E-state index in [4.69, 9.17) is 5.73 Å². The first-order chi connectivity index (χ1) is 9.76. The van der Waals surface area contributed by atoms with Gasteiger partial charge in [-0.3, -0.25) is 0 Å². The summed E-state index contributed by atoms with van der Waals surface area (Å²) in [6.07, 6.45) is 5.80. The minimum absolute atomic E-state index is 0.183. The van der Waals surface area contributed by atoms with Gasteiger partial charge in [-0.2, -0.15) is 0 Å². The van der Waals surface area contributed by atoms with Crippen molar-refractivity contribution >= 4 is 15.9 Å². The Labute approximate surface area is 136 Å². The molecule has 21 heavy (non-hydrogen) atoms. The highest BCUT2D eigenvalue weighted by molar-refractivity contribution is 9.10. The summed E-state index contributed by atoms with van der Waals surface area (Å²) in [5.74, 6) is 0.595. The number of rotatable bonds is 3. The summed E-state index contributed by atoms with van der Waals surface area (Å²) in [5.41, 5.74) is 7.88. The molecule has 0 atom stereocenters. The first-order valence-electron chi connectivity index (χ1n) is 7.90. The highest BCUT2D eigenvalue weighted by atomic mass is 79.9. The van der Waals surface area contributed by atoms with Crippen molar-refractivity contribution in [1.82, 2.24) is 0 Å². The fraction of sp³-hybridized carbons (Fsp3) is 0.667. The molecule has 0 radical (unpaired) electrons. The summed E-state index contributed by atoms with van der Waals surface area (Å²) < 4.78 is 14.1. The van der Waals surface area contributed by atoms with Crippen LogP contribution < -0.4 is 5.73 Å². The summed E-state index contributed by atoms with van der Waals surface area (Å²) in [7, 11) is 0. The van der Waals surface area contributed by atoms with Crippen LogP contribution in [-0.2, 0) is 6.42 Å². The minimum atomic E-state index is -0.191. The molecule has 0 unspecified atom stereocenters.